The number of aryl methyl sites for hydroxylation is 2. The van der Waals surface area contributed by atoms with Crippen molar-refractivity contribution in [1.29, 1.82) is 0 Å². The van der Waals surface area contributed by atoms with Crippen LogP contribution in [0.5, 0.6) is 0 Å². The third-order valence-corrected chi connectivity index (χ3v) is 16.9. The standard InChI is InChI=1S/C76H67N3/c1-74(2,3)56-36-44-61(45-37-56)78(60-40-32-54(33-41-60)52-22-12-8-13-23-52)64-48-49-65-67(50-64)76(58-26-16-10-17-27-58,59-28-18-11-19-29-59)68-51-70(73-72(71(65)68)66-30-20-21-31-69(66)77(73)7)79(63-46-38-57(39-47-63)75(4,5)6)62-42-34-55(35-43-62)53-24-14-9-15-25-53/h8-19,21-29,31-51H,20,30H2,1-7H3. The highest BCUT2D eigenvalue weighted by atomic mass is 15.2. The summed E-state index contributed by atoms with van der Waals surface area (Å²) in [4.78, 5) is 5.00. The van der Waals surface area contributed by atoms with Crippen LogP contribution in [0.1, 0.15) is 92.6 Å². The van der Waals surface area contributed by atoms with E-state index in [1.807, 2.05) is 0 Å². The van der Waals surface area contributed by atoms with E-state index in [1.165, 1.54) is 88.9 Å². The molecular formula is C76H67N3. The molecule has 0 radical (unpaired) electrons. The summed E-state index contributed by atoms with van der Waals surface area (Å²) in [5.41, 5.74) is 24.9. The molecule has 0 amide bonds. The van der Waals surface area contributed by atoms with Crippen molar-refractivity contribution < 1.29 is 0 Å². The smallest absolute Gasteiger partial charge is 0.0736 e. The number of allylic oxidation sites excluding steroid dienone is 1. The van der Waals surface area contributed by atoms with E-state index in [0.29, 0.717) is 0 Å². The van der Waals surface area contributed by atoms with Crippen molar-refractivity contribution in [3.8, 4) is 33.4 Å². The second kappa shape index (κ2) is 19.5. The van der Waals surface area contributed by atoms with Crippen LogP contribution >= 0.6 is 0 Å². The van der Waals surface area contributed by atoms with Gasteiger partial charge >= 0.3 is 0 Å². The predicted octanol–water partition coefficient (Wildman–Crippen LogP) is 20.4. The molecule has 0 bridgehead atoms. The number of benzene rings is 10. The van der Waals surface area contributed by atoms with Gasteiger partial charge in [-0.3, -0.25) is 0 Å². The van der Waals surface area contributed by atoms with Gasteiger partial charge in [0.1, 0.15) is 0 Å². The quantitative estimate of drug-likeness (QED) is 0.135. The highest BCUT2D eigenvalue weighted by Gasteiger charge is 2.49. The number of anilines is 6. The lowest BCUT2D eigenvalue weighted by atomic mass is 9.67. The van der Waals surface area contributed by atoms with Gasteiger partial charge in [0.15, 0.2) is 0 Å². The maximum absolute atomic E-state index is 2.58. The summed E-state index contributed by atoms with van der Waals surface area (Å²) in [7, 11) is 2.29. The van der Waals surface area contributed by atoms with Crippen LogP contribution in [0.15, 0.2) is 249 Å². The number of aromatic nitrogens is 1. The van der Waals surface area contributed by atoms with Gasteiger partial charge in [-0.2, -0.15) is 0 Å². The molecule has 1 aromatic heterocycles. The molecule has 0 N–H and O–H groups in total. The fourth-order valence-electron chi connectivity index (χ4n) is 12.8. The zero-order chi connectivity index (χ0) is 54.0. The lowest BCUT2D eigenvalue weighted by Gasteiger charge is -2.36. The van der Waals surface area contributed by atoms with Crippen molar-refractivity contribution in [2.24, 2.45) is 7.05 Å². The molecule has 3 heteroatoms. The molecule has 0 atom stereocenters. The molecule has 2 aliphatic rings. The van der Waals surface area contributed by atoms with Gasteiger partial charge in [-0.1, -0.05) is 224 Å². The van der Waals surface area contributed by atoms with Gasteiger partial charge in [0, 0.05) is 46.6 Å². The van der Waals surface area contributed by atoms with Crippen LogP contribution in [0, 0.1) is 0 Å². The van der Waals surface area contributed by atoms with Gasteiger partial charge in [0.25, 0.3) is 0 Å². The molecule has 0 saturated carbocycles. The summed E-state index contributed by atoms with van der Waals surface area (Å²) in [6, 6.07) is 91.0. The fourth-order valence-corrected chi connectivity index (χ4v) is 12.8. The molecule has 79 heavy (non-hydrogen) atoms. The average molecular weight is 1020 g/mol. The van der Waals surface area contributed by atoms with Crippen LogP contribution < -0.4 is 9.80 Å². The zero-order valence-corrected chi connectivity index (χ0v) is 46.5. The maximum atomic E-state index is 2.58. The monoisotopic (exact) mass is 1020 g/mol. The Bertz CT molecular complexity index is 3990. The number of hydrogen-bond acceptors (Lipinski definition) is 2. The first-order valence-corrected chi connectivity index (χ1v) is 28.1. The minimum absolute atomic E-state index is 0.00227. The van der Waals surface area contributed by atoms with E-state index in [9.17, 15) is 0 Å². The summed E-state index contributed by atoms with van der Waals surface area (Å²) in [6.07, 6.45) is 6.68. The Labute approximate surface area is 467 Å². The third kappa shape index (κ3) is 8.51. The highest BCUT2D eigenvalue weighted by molar-refractivity contribution is 6.13. The molecule has 0 aliphatic heterocycles. The average Bonchev–Trinajstić information content (AvgIpc) is 2.72. The topological polar surface area (TPSA) is 11.4 Å². The van der Waals surface area contributed by atoms with Crippen LogP contribution in [0.2, 0.25) is 0 Å². The second-order valence-electron chi connectivity index (χ2n) is 23.7. The minimum atomic E-state index is -0.725. The molecule has 2 aliphatic carbocycles. The van der Waals surface area contributed by atoms with Crippen LogP contribution in [0.25, 0.3) is 50.4 Å². The highest BCUT2D eigenvalue weighted by Crippen LogP contribution is 2.62. The molecule has 3 nitrogen and oxygen atoms in total. The van der Waals surface area contributed by atoms with Crippen molar-refractivity contribution in [3.63, 3.8) is 0 Å². The molecule has 10 aromatic carbocycles. The molecule has 0 fully saturated rings. The molecule has 0 spiro atoms. The number of fused-ring (bicyclic) bond motifs is 7. The van der Waals surface area contributed by atoms with Crippen LogP contribution in [0.4, 0.5) is 34.1 Å². The Morgan fingerprint density at radius 3 is 1.30 bits per heavy atom. The van der Waals surface area contributed by atoms with Crippen molar-refractivity contribution in [3.05, 3.63) is 293 Å². The van der Waals surface area contributed by atoms with E-state index in [4.69, 9.17) is 0 Å². The van der Waals surface area contributed by atoms with Gasteiger partial charge in [-0.25, -0.2) is 0 Å². The lowest BCUT2D eigenvalue weighted by molar-refractivity contribution is 0.590. The Balaban J connectivity index is 1.11. The Morgan fingerprint density at radius 2 is 0.835 bits per heavy atom. The zero-order valence-electron chi connectivity index (χ0n) is 46.5. The van der Waals surface area contributed by atoms with Crippen LogP contribution in [0.3, 0.4) is 0 Å². The van der Waals surface area contributed by atoms with Gasteiger partial charge in [-0.15, -0.1) is 0 Å². The summed E-state index contributed by atoms with van der Waals surface area (Å²) < 4.78 is 2.49. The van der Waals surface area contributed by atoms with Gasteiger partial charge in [0.2, 0.25) is 0 Å². The SMILES string of the molecule is Cn1c2c(c3c4c(cc(N(c5ccc(-c6ccccc6)cc5)c5ccc(C(C)(C)C)cc5)c31)C(c1ccccc1)(c1ccccc1)c1cc(N(c3ccc(-c5ccccc5)cc3)c3ccc(C(C)(C)C)cc3)ccc1-4)CCC=C2. The second-order valence-corrected chi connectivity index (χ2v) is 23.7. The van der Waals surface area contributed by atoms with Gasteiger partial charge in [0.05, 0.1) is 16.6 Å². The molecule has 0 saturated heterocycles. The molecule has 11 aromatic rings. The van der Waals surface area contributed by atoms with Crippen molar-refractivity contribution >= 4 is 51.1 Å². The molecule has 1 heterocycles. The van der Waals surface area contributed by atoms with E-state index in [-0.39, 0.29) is 10.8 Å². The predicted molar refractivity (Wildman–Crippen MR) is 335 cm³/mol. The molecule has 386 valence electrons. The number of rotatable bonds is 10. The number of nitrogens with zero attached hydrogens (tertiary/aromatic N) is 3. The van der Waals surface area contributed by atoms with Gasteiger partial charge < -0.3 is 14.4 Å². The molecule has 0 unspecified atom stereocenters. The van der Waals surface area contributed by atoms with Crippen molar-refractivity contribution in [2.45, 2.75) is 70.6 Å². The van der Waals surface area contributed by atoms with Crippen molar-refractivity contribution in [1.82, 2.24) is 4.57 Å². The molecule has 13 rings (SSSR count). The largest absolute Gasteiger partial charge is 0.342 e. The minimum Gasteiger partial charge on any atom is -0.342 e. The summed E-state index contributed by atoms with van der Waals surface area (Å²) >= 11 is 0. The van der Waals surface area contributed by atoms with Crippen LogP contribution in [-0.2, 0) is 29.7 Å². The first-order valence-electron chi connectivity index (χ1n) is 28.1. The van der Waals surface area contributed by atoms with E-state index in [0.717, 1.165) is 47.0 Å². The summed E-state index contributed by atoms with van der Waals surface area (Å²) in [6.45, 7) is 13.8. The van der Waals surface area contributed by atoms with E-state index in [2.05, 4.69) is 318 Å². The molecular weight excluding hydrogens is 955 g/mol. The van der Waals surface area contributed by atoms with E-state index in [1.54, 1.807) is 0 Å². The lowest BCUT2D eigenvalue weighted by Crippen LogP contribution is -2.29. The Hall–Kier alpha value is -8.92. The fraction of sp³-hybridized carbons (Fsp3) is 0.158. The summed E-state index contributed by atoms with van der Waals surface area (Å²) in [5.74, 6) is 0. The maximum Gasteiger partial charge on any atom is 0.0736 e. The van der Waals surface area contributed by atoms with Crippen molar-refractivity contribution in [2.75, 3.05) is 9.80 Å². The first-order chi connectivity index (χ1) is 38.4. The van der Waals surface area contributed by atoms with Gasteiger partial charge in [-0.05, 0) is 169 Å². The Kier molecular flexibility index (Phi) is 12.3. The Morgan fingerprint density at radius 1 is 0.418 bits per heavy atom. The number of hydrogen-bond donors (Lipinski definition) is 0. The van der Waals surface area contributed by atoms with Crippen LogP contribution in [-0.4, -0.2) is 4.57 Å². The van der Waals surface area contributed by atoms with E-state index >= 15 is 0 Å². The third-order valence-electron chi connectivity index (χ3n) is 16.9. The normalized spacial score (nSPS) is 13.5. The first kappa shape index (κ1) is 49.6. The summed E-state index contributed by atoms with van der Waals surface area (Å²) in [5, 5.41) is 1.33. The van der Waals surface area contributed by atoms with E-state index < -0.39 is 5.41 Å².